The first-order valence-corrected chi connectivity index (χ1v) is 6.73. The number of benzene rings is 1. The molecule has 0 saturated carbocycles. The second-order valence-electron chi connectivity index (χ2n) is 4.72. The van der Waals surface area contributed by atoms with Crippen LogP contribution in [0, 0.1) is 11.3 Å². The van der Waals surface area contributed by atoms with Gasteiger partial charge in [0.25, 0.3) is 0 Å². The molecule has 0 radical (unpaired) electrons. The van der Waals surface area contributed by atoms with Crippen LogP contribution in [0.4, 0.5) is 11.9 Å². The maximum Gasteiger partial charge on any atom is 0.230 e. The Bertz CT molecular complexity index is 662. The van der Waals surface area contributed by atoms with E-state index in [1.807, 2.05) is 33.2 Å². The first kappa shape index (κ1) is 15.0. The average molecular weight is 303 g/mol. The maximum atomic E-state index is 8.80. The summed E-state index contributed by atoms with van der Waals surface area (Å²) in [7, 11) is 3.67. The number of hydrogen-bond donors (Lipinski definition) is 1. The van der Waals surface area contributed by atoms with E-state index in [9.17, 15) is 0 Å². The van der Waals surface area contributed by atoms with Crippen molar-refractivity contribution in [2.45, 2.75) is 13.0 Å². The summed E-state index contributed by atoms with van der Waals surface area (Å²) in [5.41, 5.74) is 1.65. The van der Waals surface area contributed by atoms with E-state index in [0.29, 0.717) is 17.5 Å². The Hall–Kier alpha value is -2.39. The maximum absolute atomic E-state index is 8.80. The third-order valence-electron chi connectivity index (χ3n) is 2.88. The molecule has 1 atom stereocenters. The van der Waals surface area contributed by atoms with Gasteiger partial charge in [-0.1, -0.05) is 12.1 Å². The van der Waals surface area contributed by atoms with E-state index in [0.717, 1.165) is 5.56 Å². The van der Waals surface area contributed by atoms with Gasteiger partial charge in [-0.3, -0.25) is 0 Å². The molecule has 7 heteroatoms. The second-order valence-corrected chi connectivity index (χ2v) is 5.06. The number of nitrogens with one attached hydrogen (secondary N) is 1. The molecule has 0 amide bonds. The van der Waals surface area contributed by atoms with E-state index in [4.69, 9.17) is 16.9 Å². The Labute approximate surface area is 128 Å². The Morgan fingerprint density at radius 2 is 1.86 bits per heavy atom. The molecule has 2 rings (SSSR count). The van der Waals surface area contributed by atoms with Crippen molar-refractivity contribution in [1.29, 1.82) is 5.26 Å². The lowest BCUT2D eigenvalue weighted by molar-refractivity contribution is 0.847. The molecule has 108 valence electrons. The fraction of sp³-hybridized carbons (Fsp3) is 0.286. The first-order chi connectivity index (χ1) is 9.99. The van der Waals surface area contributed by atoms with Gasteiger partial charge in [0.1, 0.15) is 0 Å². The summed E-state index contributed by atoms with van der Waals surface area (Å²) in [4.78, 5) is 14.1. The fourth-order valence-corrected chi connectivity index (χ4v) is 1.88. The van der Waals surface area contributed by atoms with Crippen LogP contribution < -0.4 is 10.2 Å². The molecule has 1 heterocycles. The highest BCUT2D eigenvalue weighted by atomic mass is 35.5. The Balaban J connectivity index is 2.18. The molecule has 0 saturated heterocycles. The molecule has 1 N–H and O–H groups in total. The highest BCUT2D eigenvalue weighted by Crippen LogP contribution is 2.19. The highest BCUT2D eigenvalue weighted by Gasteiger charge is 2.11. The summed E-state index contributed by atoms with van der Waals surface area (Å²) in [6, 6.07) is 9.42. The van der Waals surface area contributed by atoms with Crippen molar-refractivity contribution < 1.29 is 0 Å². The van der Waals surface area contributed by atoms with Crippen molar-refractivity contribution in [1.82, 2.24) is 15.0 Å². The molecular weight excluding hydrogens is 288 g/mol. The lowest BCUT2D eigenvalue weighted by Crippen LogP contribution is -2.16. The molecular formula is C14H15ClN6. The van der Waals surface area contributed by atoms with Gasteiger partial charge >= 0.3 is 0 Å². The van der Waals surface area contributed by atoms with Crippen molar-refractivity contribution in [2.24, 2.45) is 0 Å². The largest absolute Gasteiger partial charge is 0.348 e. The van der Waals surface area contributed by atoms with E-state index < -0.39 is 0 Å². The van der Waals surface area contributed by atoms with Crippen LogP contribution in [0.1, 0.15) is 24.1 Å². The van der Waals surface area contributed by atoms with E-state index in [2.05, 4.69) is 26.3 Å². The summed E-state index contributed by atoms with van der Waals surface area (Å²) in [5.74, 6) is 0.903. The average Bonchev–Trinajstić information content (AvgIpc) is 2.46. The minimum atomic E-state index is -0.0220. The number of anilines is 2. The molecule has 1 unspecified atom stereocenters. The van der Waals surface area contributed by atoms with Gasteiger partial charge in [-0.05, 0) is 36.2 Å². The Kier molecular flexibility index (Phi) is 4.55. The van der Waals surface area contributed by atoms with Gasteiger partial charge in [-0.15, -0.1) is 0 Å². The summed E-state index contributed by atoms with van der Waals surface area (Å²) >= 11 is 5.90. The number of nitriles is 1. The van der Waals surface area contributed by atoms with Crippen molar-refractivity contribution in [3.8, 4) is 6.07 Å². The first-order valence-electron chi connectivity index (χ1n) is 6.35. The molecule has 0 aliphatic heterocycles. The number of halogens is 1. The van der Waals surface area contributed by atoms with Gasteiger partial charge in [0.05, 0.1) is 17.7 Å². The minimum Gasteiger partial charge on any atom is -0.348 e. The van der Waals surface area contributed by atoms with Crippen molar-refractivity contribution in [3.63, 3.8) is 0 Å². The lowest BCUT2D eigenvalue weighted by Gasteiger charge is -2.16. The minimum absolute atomic E-state index is 0.0220. The van der Waals surface area contributed by atoms with Crippen molar-refractivity contribution in [2.75, 3.05) is 24.3 Å². The summed E-state index contributed by atoms with van der Waals surface area (Å²) in [6.45, 7) is 1.98. The van der Waals surface area contributed by atoms with Crippen LogP contribution in [0.5, 0.6) is 0 Å². The number of hydrogen-bond acceptors (Lipinski definition) is 6. The number of nitrogens with zero attached hydrogens (tertiary/aromatic N) is 5. The molecule has 0 fully saturated rings. The molecule has 21 heavy (non-hydrogen) atoms. The molecule has 6 nitrogen and oxygen atoms in total. The summed E-state index contributed by atoms with van der Waals surface area (Å²) in [5, 5.41) is 12.1. The van der Waals surface area contributed by atoms with E-state index >= 15 is 0 Å². The summed E-state index contributed by atoms with van der Waals surface area (Å²) in [6.07, 6.45) is 0. The van der Waals surface area contributed by atoms with Crippen molar-refractivity contribution >= 4 is 23.5 Å². The zero-order valence-electron chi connectivity index (χ0n) is 12.0. The molecule has 1 aromatic carbocycles. The normalized spacial score (nSPS) is 11.6. The molecule has 2 aromatic rings. The zero-order valence-corrected chi connectivity index (χ0v) is 12.8. The van der Waals surface area contributed by atoms with E-state index in [-0.39, 0.29) is 11.3 Å². The molecule has 0 bridgehead atoms. The third kappa shape index (κ3) is 3.80. The van der Waals surface area contributed by atoms with Crippen LogP contribution in [-0.4, -0.2) is 29.0 Å². The standard InChI is InChI=1S/C14H15ClN6/c1-9(11-6-4-10(8-16)5-7-11)17-13-18-12(15)19-14(20-13)21(2)3/h4-7,9H,1-3H3,(H,17,18,19,20). The quantitative estimate of drug-likeness (QED) is 0.935. The highest BCUT2D eigenvalue weighted by molar-refractivity contribution is 6.28. The molecule has 0 aliphatic carbocycles. The summed E-state index contributed by atoms with van der Waals surface area (Å²) < 4.78 is 0. The molecule has 0 spiro atoms. The smallest absolute Gasteiger partial charge is 0.230 e. The van der Waals surface area contributed by atoms with Crippen LogP contribution in [0.25, 0.3) is 0 Å². The molecule has 1 aromatic heterocycles. The van der Waals surface area contributed by atoms with Gasteiger partial charge in [0.2, 0.25) is 17.2 Å². The second kappa shape index (κ2) is 6.37. The Morgan fingerprint density at radius 1 is 1.19 bits per heavy atom. The van der Waals surface area contributed by atoms with Gasteiger partial charge < -0.3 is 10.2 Å². The zero-order chi connectivity index (χ0) is 15.4. The Morgan fingerprint density at radius 3 is 2.43 bits per heavy atom. The van der Waals surface area contributed by atoms with Crippen molar-refractivity contribution in [3.05, 3.63) is 40.7 Å². The predicted octanol–water partition coefficient (Wildman–Crippen LogP) is 2.64. The third-order valence-corrected chi connectivity index (χ3v) is 3.05. The fourth-order valence-electron chi connectivity index (χ4n) is 1.73. The van der Waals surface area contributed by atoms with Gasteiger partial charge in [0, 0.05) is 14.1 Å². The topological polar surface area (TPSA) is 77.7 Å². The number of rotatable bonds is 4. The van der Waals surface area contributed by atoms with Crippen LogP contribution in [0.15, 0.2) is 24.3 Å². The van der Waals surface area contributed by atoms with Gasteiger partial charge in [-0.25, -0.2) is 0 Å². The monoisotopic (exact) mass is 302 g/mol. The number of aromatic nitrogens is 3. The van der Waals surface area contributed by atoms with Crippen LogP contribution in [-0.2, 0) is 0 Å². The van der Waals surface area contributed by atoms with E-state index in [1.54, 1.807) is 17.0 Å². The molecule has 0 aliphatic rings. The van der Waals surface area contributed by atoms with E-state index in [1.165, 1.54) is 0 Å². The lowest BCUT2D eigenvalue weighted by atomic mass is 10.1. The van der Waals surface area contributed by atoms with Gasteiger partial charge in [0.15, 0.2) is 0 Å². The van der Waals surface area contributed by atoms with Crippen LogP contribution in [0.2, 0.25) is 5.28 Å². The van der Waals surface area contributed by atoms with Crippen LogP contribution >= 0.6 is 11.6 Å². The van der Waals surface area contributed by atoms with Gasteiger partial charge in [-0.2, -0.15) is 20.2 Å². The SMILES string of the molecule is CC(Nc1nc(Cl)nc(N(C)C)n1)c1ccc(C#N)cc1. The predicted molar refractivity (Wildman–Crippen MR) is 82.4 cm³/mol. The van der Waals surface area contributed by atoms with Crippen LogP contribution in [0.3, 0.4) is 0 Å².